The van der Waals surface area contributed by atoms with Crippen LogP contribution in [0.3, 0.4) is 0 Å². The van der Waals surface area contributed by atoms with E-state index in [0.717, 1.165) is 29.2 Å². The number of hydrogen-bond donors (Lipinski definition) is 1. The number of aromatic nitrogens is 1. The summed E-state index contributed by atoms with van der Waals surface area (Å²) >= 11 is 7.82. The van der Waals surface area contributed by atoms with Crippen molar-refractivity contribution in [2.45, 2.75) is 19.9 Å². The van der Waals surface area contributed by atoms with E-state index in [1.807, 2.05) is 29.6 Å². The number of carboxylic acid groups (broad SMARTS) is 1. The van der Waals surface area contributed by atoms with Crippen LogP contribution in [0.5, 0.6) is 0 Å². The van der Waals surface area contributed by atoms with Crippen LogP contribution in [0.25, 0.3) is 11.3 Å². The van der Waals surface area contributed by atoms with Crippen LogP contribution in [-0.2, 0) is 11.3 Å². The van der Waals surface area contributed by atoms with Crippen LogP contribution in [-0.4, -0.2) is 34.0 Å². The normalized spacial score (nSPS) is 22.2. The first kappa shape index (κ1) is 16.4. The van der Waals surface area contributed by atoms with Crippen molar-refractivity contribution in [1.82, 2.24) is 9.88 Å². The van der Waals surface area contributed by atoms with Gasteiger partial charge in [0.25, 0.3) is 0 Å². The Bertz CT molecular complexity index is 703. The zero-order valence-electron chi connectivity index (χ0n) is 12.9. The molecule has 2 unspecified atom stereocenters. The molecule has 1 aromatic carbocycles. The SMILES string of the molecule is CC1CC(C(=O)O)CN(Cc2nc(-c3ccccc3Cl)cs2)C1. The number of piperidine rings is 1. The average molecular weight is 351 g/mol. The minimum absolute atomic E-state index is 0.276. The van der Waals surface area contributed by atoms with Crippen LogP contribution in [0.15, 0.2) is 29.6 Å². The number of aliphatic carboxylic acids is 1. The van der Waals surface area contributed by atoms with Crippen molar-refractivity contribution >= 4 is 28.9 Å². The van der Waals surface area contributed by atoms with Gasteiger partial charge in [0.05, 0.1) is 18.2 Å². The zero-order chi connectivity index (χ0) is 16.4. The van der Waals surface area contributed by atoms with E-state index in [9.17, 15) is 9.90 Å². The van der Waals surface area contributed by atoms with Gasteiger partial charge in [0.2, 0.25) is 0 Å². The molecule has 0 amide bonds. The molecule has 3 rings (SSSR count). The summed E-state index contributed by atoms with van der Waals surface area (Å²) in [4.78, 5) is 18.1. The quantitative estimate of drug-likeness (QED) is 0.905. The molecule has 1 aliphatic heterocycles. The van der Waals surface area contributed by atoms with Crippen LogP contribution in [0.4, 0.5) is 0 Å². The van der Waals surface area contributed by atoms with E-state index >= 15 is 0 Å². The largest absolute Gasteiger partial charge is 0.481 e. The van der Waals surface area contributed by atoms with Crippen molar-refractivity contribution in [2.75, 3.05) is 13.1 Å². The Morgan fingerprint density at radius 2 is 2.22 bits per heavy atom. The lowest BCUT2D eigenvalue weighted by Crippen LogP contribution is -2.41. The monoisotopic (exact) mass is 350 g/mol. The Hall–Kier alpha value is -1.43. The lowest BCUT2D eigenvalue weighted by atomic mass is 9.90. The van der Waals surface area contributed by atoms with Gasteiger partial charge >= 0.3 is 5.97 Å². The van der Waals surface area contributed by atoms with E-state index in [0.29, 0.717) is 24.0 Å². The van der Waals surface area contributed by atoms with Crippen LogP contribution in [0.1, 0.15) is 18.4 Å². The van der Waals surface area contributed by atoms with Crippen LogP contribution in [0.2, 0.25) is 5.02 Å². The number of hydrogen-bond acceptors (Lipinski definition) is 4. The molecule has 2 aromatic rings. The number of likely N-dealkylation sites (tertiary alicyclic amines) is 1. The van der Waals surface area contributed by atoms with Crippen LogP contribution < -0.4 is 0 Å². The van der Waals surface area contributed by atoms with Crippen molar-refractivity contribution in [3.63, 3.8) is 0 Å². The highest BCUT2D eigenvalue weighted by atomic mass is 35.5. The van der Waals surface area contributed by atoms with E-state index < -0.39 is 5.97 Å². The number of rotatable bonds is 4. The van der Waals surface area contributed by atoms with Crippen molar-refractivity contribution in [3.05, 3.63) is 39.7 Å². The minimum Gasteiger partial charge on any atom is -0.481 e. The van der Waals surface area contributed by atoms with Gasteiger partial charge < -0.3 is 5.11 Å². The standard InChI is InChI=1S/C17H19ClN2O2S/c1-11-6-12(17(21)22)8-20(7-11)9-16-19-15(10-23-16)13-4-2-3-5-14(13)18/h2-5,10-12H,6-9H2,1H3,(H,21,22). The number of halogens is 1. The third kappa shape index (κ3) is 3.91. The van der Waals surface area contributed by atoms with E-state index in [-0.39, 0.29) is 5.92 Å². The first-order valence-electron chi connectivity index (χ1n) is 7.67. The third-order valence-electron chi connectivity index (χ3n) is 4.15. The number of carbonyl (C=O) groups is 1. The van der Waals surface area contributed by atoms with Crippen molar-refractivity contribution in [1.29, 1.82) is 0 Å². The van der Waals surface area contributed by atoms with E-state index in [2.05, 4.69) is 16.8 Å². The van der Waals surface area contributed by atoms with Crippen LogP contribution in [0, 0.1) is 11.8 Å². The predicted molar refractivity (Wildman–Crippen MR) is 92.7 cm³/mol. The van der Waals surface area contributed by atoms with Gasteiger partial charge in [-0.3, -0.25) is 9.69 Å². The van der Waals surface area contributed by atoms with E-state index in [4.69, 9.17) is 11.6 Å². The summed E-state index contributed by atoms with van der Waals surface area (Å²) in [6.45, 7) is 4.33. The Morgan fingerprint density at radius 1 is 1.43 bits per heavy atom. The van der Waals surface area contributed by atoms with E-state index in [1.165, 1.54) is 0 Å². The second kappa shape index (κ2) is 6.99. The summed E-state index contributed by atoms with van der Waals surface area (Å²) in [7, 11) is 0. The maximum atomic E-state index is 11.3. The van der Waals surface area contributed by atoms with Crippen LogP contribution >= 0.6 is 22.9 Å². The molecule has 0 aliphatic carbocycles. The summed E-state index contributed by atoms with van der Waals surface area (Å²) < 4.78 is 0. The number of benzene rings is 1. The molecule has 4 nitrogen and oxygen atoms in total. The molecule has 2 heterocycles. The van der Waals surface area contributed by atoms with Crippen molar-refractivity contribution in [3.8, 4) is 11.3 Å². The Morgan fingerprint density at radius 3 is 2.96 bits per heavy atom. The lowest BCUT2D eigenvalue weighted by Gasteiger charge is -2.34. The van der Waals surface area contributed by atoms with E-state index in [1.54, 1.807) is 11.3 Å². The number of nitrogens with zero attached hydrogens (tertiary/aromatic N) is 2. The van der Waals surface area contributed by atoms with Gasteiger partial charge in [0, 0.05) is 29.1 Å². The molecular weight excluding hydrogens is 332 g/mol. The second-order valence-corrected chi connectivity index (χ2v) is 7.53. The minimum atomic E-state index is -0.697. The number of carboxylic acids is 1. The van der Waals surface area contributed by atoms with Gasteiger partial charge in [0.15, 0.2) is 0 Å². The Balaban J connectivity index is 1.72. The Labute approximate surface area is 144 Å². The molecule has 1 aromatic heterocycles. The highest BCUT2D eigenvalue weighted by Crippen LogP contribution is 2.30. The zero-order valence-corrected chi connectivity index (χ0v) is 14.5. The summed E-state index contributed by atoms with van der Waals surface area (Å²) in [6.07, 6.45) is 0.759. The molecule has 1 fully saturated rings. The fraction of sp³-hybridized carbons (Fsp3) is 0.412. The molecule has 0 radical (unpaired) electrons. The fourth-order valence-electron chi connectivity index (χ4n) is 3.14. The highest BCUT2D eigenvalue weighted by molar-refractivity contribution is 7.09. The van der Waals surface area contributed by atoms with Gasteiger partial charge in [-0.1, -0.05) is 36.7 Å². The molecule has 1 N–H and O–H groups in total. The number of thiazole rings is 1. The summed E-state index contributed by atoms with van der Waals surface area (Å²) in [5, 5.41) is 13.0. The first-order chi connectivity index (χ1) is 11.0. The first-order valence-corrected chi connectivity index (χ1v) is 8.93. The molecule has 1 saturated heterocycles. The van der Waals surface area contributed by atoms with Gasteiger partial charge in [0.1, 0.15) is 5.01 Å². The third-order valence-corrected chi connectivity index (χ3v) is 5.31. The highest BCUT2D eigenvalue weighted by Gasteiger charge is 2.29. The fourth-order valence-corrected chi connectivity index (χ4v) is 4.21. The average Bonchev–Trinajstić information content (AvgIpc) is 2.95. The molecular formula is C17H19ClN2O2S. The van der Waals surface area contributed by atoms with Gasteiger partial charge in [-0.2, -0.15) is 0 Å². The summed E-state index contributed by atoms with van der Waals surface area (Å²) in [6, 6.07) is 7.68. The van der Waals surface area contributed by atoms with Gasteiger partial charge in [-0.25, -0.2) is 4.98 Å². The maximum Gasteiger partial charge on any atom is 0.307 e. The summed E-state index contributed by atoms with van der Waals surface area (Å²) in [5.74, 6) is -0.577. The van der Waals surface area contributed by atoms with Gasteiger partial charge in [-0.05, 0) is 18.4 Å². The smallest absolute Gasteiger partial charge is 0.307 e. The molecule has 1 aliphatic rings. The van der Waals surface area contributed by atoms with Crippen molar-refractivity contribution < 1.29 is 9.90 Å². The molecule has 0 saturated carbocycles. The Kier molecular flexibility index (Phi) is 4.99. The molecule has 6 heteroatoms. The lowest BCUT2D eigenvalue weighted by molar-refractivity contribution is -0.144. The molecule has 122 valence electrons. The second-order valence-electron chi connectivity index (χ2n) is 6.18. The summed E-state index contributed by atoms with van der Waals surface area (Å²) in [5.41, 5.74) is 1.82. The molecule has 23 heavy (non-hydrogen) atoms. The van der Waals surface area contributed by atoms with Crippen molar-refractivity contribution in [2.24, 2.45) is 11.8 Å². The maximum absolute atomic E-state index is 11.3. The molecule has 0 spiro atoms. The van der Waals surface area contributed by atoms with Gasteiger partial charge in [-0.15, -0.1) is 11.3 Å². The topological polar surface area (TPSA) is 53.4 Å². The predicted octanol–water partition coefficient (Wildman–Crippen LogP) is 4.01. The molecule has 0 bridgehead atoms. The molecule has 2 atom stereocenters.